The van der Waals surface area contributed by atoms with E-state index in [0.717, 1.165) is 18.3 Å². The molecule has 4 heteroatoms. The van der Waals surface area contributed by atoms with E-state index in [1.54, 1.807) is 0 Å². The molecule has 17 heavy (non-hydrogen) atoms. The first-order valence-electron chi connectivity index (χ1n) is 5.83. The minimum absolute atomic E-state index is 0.0614. The van der Waals surface area contributed by atoms with Crippen LogP contribution in [0.3, 0.4) is 0 Å². The number of benzene rings is 1. The molecule has 0 bridgehead atoms. The zero-order chi connectivity index (χ0) is 12.3. The molecule has 0 amide bonds. The highest BCUT2D eigenvalue weighted by Crippen LogP contribution is 2.31. The van der Waals surface area contributed by atoms with Gasteiger partial charge in [0.25, 0.3) is 0 Å². The molecule has 2 unspecified atom stereocenters. The van der Waals surface area contributed by atoms with Gasteiger partial charge in [0.15, 0.2) is 9.84 Å². The van der Waals surface area contributed by atoms with E-state index < -0.39 is 9.84 Å². The molecule has 0 saturated carbocycles. The Hall–Kier alpha value is -1.16. The second kappa shape index (κ2) is 5.00. The lowest BCUT2D eigenvalue weighted by molar-refractivity contribution is -0.110. The van der Waals surface area contributed by atoms with Crippen molar-refractivity contribution in [2.24, 2.45) is 5.92 Å². The smallest absolute Gasteiger partial charge is 0.150 e. The Kier molecular flexibility index (Phi) is 3.62. The maximum Gasteiger partial charge on any atom is 0.150 e. The molecule has 0 N–H and O–H groups in total. The molecule has 0 aliphatic carbocycles. The SMILES string of the molecule is O=CC(c1ccccc1)C1CCCS(=O)(=O)C1. The Bertz CT molecular complexity index is 479. The highest BCUT2D eigenvalue weighted by Gasteiger charge is 2.31. The van der Waals surface area contributed by atoms with Crippen molar-refractivity contribution in [3.05, 3.63) is 35.9 Å². The van der Waals surface area contributed by atoms with Crippen molar-refractivity contribution in [2.75, 3.05) is 11.5 Å². The van der Waals surface area contributed by atoms with E-state index in [0.29, 0.717) is 6.42 Å². The van der Waals surface area contributed by atoms with Crippen LogP contribution in [0.5, 0.6) is 0 Å². The van der Waals surface area contributed by atoms with Gasteiger partial charge in [-0.15, -0.1) is 0 Å². The topological polar surface area (TPSA) is 51.2 Å². The lowest BCUT2D eigenvalue weighted by Gasteiger charge is -2.26. The summed E-state index contributed by atoms with van der Waals surface area (Å²) < 4.78 is 23.2. The van der Waals surface area contributed by atoms with E-state index in [-0.39, 0.29) is 23.3 Å². The zero-order valence-corrected chi connectivity index (χ0v) is 10.4. The van der Waals surface area contributed by atoms with Gasteiger partial charge >= 0.3 is 0 Å². The maximum absolute atomic E-state index is 11.6. The Morgan fingerprint density at radius 1 is 1.24 bits per heavy atom. The fraction of sp³-hybridized carbons (Fsp3) is 0.462. The first-order valence-corrected chi connectivity index (χ1v) is 7.65. The van der Waals surface area contributed by atoms with Crippen LogP contribution in [0, 0.1) is 5.92 Å². The summed E-state index contributed by atoms with van der Waals surface area (Å²) in [5.74, 6) is 0.0646. The summed E-state index contributed by atoms with van der Waals surface area (Å²) in [5, 5.41) is 0. The highest BCUT2D eigenvalue weighted by molar-refractivity contribution is 7.91. The monoisotopic (exact) mass is 252 g/mol. The zero-order valence-electron chi connectivity index (χ0n) is 9.58. The van der Waals surface area contributed by atoms with Crippen LogP contribution in [0.2, 0.25) is 0 Å². The highest BCUT2D eigenvalue weighted by atomic mass is 32.2. The molecule has 1 heterocycles. The molecular formula is C13H16O3S. The van der Waals surface area contributed by atoms with E-state index >= 15 is 0 Å². The molecule has 0 aromatic heterocycles. The normalized spacial score (nSPS) is 25.1. The molecule has 0 spiro atoms. The molecule has 1 aliphatic rings. The standard InChI is InChI=1S/C13H16O3S/c14-9-13(11-5-2-1-3-6-11)12-7-4-8-17(15,16)10-12/h1-3,5-6,9,12-13H,4,7-8,10H2. The molecule has 2 atom stereocenters. The Morgan fingerprint density at radius 3 is 2.53 bits per heavy atom. The second-order valence-electron chi connectivity index (χ2n) is 4.59. The van der Waals surface area contributed by atoms with E-state index in [1.807, 2.05) is 30.3 Å². The number of hydrogen-bond acceptors (Lipinski definition) is 3. The molecular weight excluding hydrogens is 236 g/mol. The minimum Gasteiger partial charge on any atom is -0.303 e. The fourth-order valence-electron chi connectivity index (χ4n) is 2.48. The Balaban J connectivity index is 2.22. The summed E-state index contributed by atoms with van der Waals surface area (Å²) in [5.41, 5.74) is 0.921. The predicted molar refractivity (Wildman–Crippen MR) is 66.6 cm³/mol. The number of sulfone groups is 1. The quantitative estimate of drug-likeness (QED) is 0.771. The number of carbonyl (C=O) groups excluding carboxylic acids is 1. The number of hydrogen-bond donors (Lipinski definition) is 0. The molecule has 3 nitrogen and oxygen atoms in total. The van der Waals surface area contributed by atoms with Crippen molar-refractivity contribution in [1.29, 1.82) is 0 Å². The average molecular weight is 252 g/mol. The maximum atomic E-state index is 11.6. The third kappa shape index (κ3) is 2.94. The van der Waals surface area contributed by atoms with E-state index in [1.165, 1.54) is 0 Å². The molecule has 0 radical (unpaired) electrons. The van der Waals surface area contributed by atoms with Crippen molar-refractivity contribution >= 4 is 16.1 Å². The van der Waals surface area contributed by atoms with Crippen molar-refractivity contribution in [3.63, 3.8) is 0 Å². The summed E-state index contributed by atoms with van der Waals surface area (Å²) in [6.07, 6.45) is 2.38. The predicted octanol–water partition coefficient (Wildman–Crippen LogP) is 1.79. The number of rotatable bonds is 3. The van der Waals surface area contributed by atoms with Crippen molar-refractivity contribution in [1.82, 2.24) is 0 Å². The summed E-state index contributed by atoms with van der Waals surface area (Å²) in [6, 6.07) is 9.43. The first kappa shape index (κ1) is 12.3. The van der Waals surface area contributed by atoms with Crippen LogP contribution in [0.15, 0.2) is 30.3 Å². The molecule has 92 valence electrons. The van der Waals surface area contributed by atoms with Gasteiger partial charge in [0.2, 0.25) is 0 Å². The van der Waals surface area contributed by atoms with Crippen LogP contribution in [-0.2, 0) is 14.6 Å². The van der Waals surface area contributed by atoms with Gasteiger partial charge in [-0.3, -0.25) is 0 Å². The second-order valence-corrected chi connectivity index (χ2v) is 6.82. The van der Waals surface area contributed by atoms with Crippen LogP contribution in [0.4, 0.5) is 0 Å². The minimum atomic E-state index is -2.95. The number of carbonyl (C=O) groups is 1. The van der Waals surface area contributed by atoms with E-state index in [2.05, 4.69) is 0 Å². The lowest BCUT2D eigenvalue weighted by atomic mass is 9.85. The summed E-state index contributed by atoms with van der Waals surface area (Å²) in [6.45, 7) is 0. The Morgan fingerprint density at radius 2 is 1.94 bits per heavy atom. The van der Waals surface area contributed by atoms with Gasteiger partial charge in [-0.2, -0.15) is 0 Å². The van der Waals surface area contributed by atoms with Crippen LogP contribution < -0.4 is 0 Å². The van der Waals surface area contributed by atoms with Crippen LogP contribution in [0.25, 0.3) is 0 Å². The van der Waals surface area contributed by atoms with Crippen LogP contribution >= 0.6 is 0 Å². The van der Waals surface area contributed by atoms with E-state index in [4.69, 9.17) is 0 Å². The molecule has 1 aliphatic heterocycles. The Labute approximate surface area is 102 Å². The third-order valence-corrected chi connectivity index (χ3v) is 5.18. The summed E-state index contributed by atoms with van der Waals surface area (Å²) in [4.78, 5) is 11.2. The van der Waals surface area contributed by atoms with Gasteiger partial charge in [-0.25, -0.2) is 8.42 Å². The number of aldehydes is 1. The van der Waals surface area contributed by atoms with Gasteiger partial charge in [-0.05, 0) is 24.3 Å². The van der Waals surface area contributed by atoms with Crippen LogP contribution in [0.1, 0.15) is 24.3 Å². The van der Waals surface area contributed by atoms with Gasteiger partial charge in [0.05, 0.1) is 11.5 Å². The summed E-state index contributed by atoms with van der Waals surface area (Å²) in [7, 11) is -2.95. The average Bonchev–Trinajstić information content (AvgIpc) is 2.30. The van der Waals surface area contributed by atoms with Crippen molar-refractivity contribution < 1.29 is 13.2 Å². The van der Waals surface area contributed by atoms with Gasteiger partial charge in [0.1, 0.15) is 6.29 Å². The molecule has 1 fully saturated rings. The third-order valence-electron chi connectivity index (χ3n) is 3.34. The van der Waals surface area contributed by atoms with Gasteiger partial charge in [0, 0.05) is 5.92 Å². The molecule has 1 saturated heterocycles. The largest absolute Gasteiger partial charge is 0.303 e. The summed E-state index contributed by atoms with van der Waals surface area (Å²) >= 11 is 0. The van der Waals surface area contributed by atoms with Crippen molar-refractivity contribution in [3.8, 4) is 0 Å². The van der Waals surface area contributed by atoms with Crippen LogP contribution in [-0.4, -0.2) is 26.2 Å². The lowest BCUT2D eigenvalue weighted by Crippen LogP contribution is -2.30. The first-order chi connectivity index (χ1) is 8.12. The van der Waals surface area contributed by atoms with Gasteiger partial charge < -0.3 is 4.79 Å². The fourth-order valence-corrected chi connectivity index (χ4v) is 4.28. The van der Waals surface area contributed by atoms with Crippen molar-refractivity contribution in [2.45, 2.75) is 18.8 Å². The van der Waals surface area contributed by atoms with Gasteiger partial charge in [-0.1, -0.05) is 30.3 Å². The molecule has 2 rings (SSSR count). The molecule has 1 aromatic rings. The van der Waals surface area contributed by atoms with E-state index in [9.17, 15) is 13.2 Å². The molecule has 1 aromatic carbocycles.